The Hall–Kier alpha value is -2.82. The largest absolute Gasteiger partial charge is 0.366 e. The van der Waals surface area contributed by atoms with Crippen molar-refractivity contribution in [1.82, 2.24) is 14.7 Å². The molecule has 2 saturated heterocycles. The fourth-order valence-corrected chi connectivity index (χ4v) is 4.38. The number of benzene rings is 1. The highest BCUT2D eigenvalue weighted by molar-refractivity contribution is 6.30. The molecule has 2 fully saturated rings. The lowest BCUT2D eigenvalue weighted by molar-refractivity contribution is 0.0892. The second-order valence-corrected chi connectivity index (χ2v) is 7.47. The van der Waals surface area contributed by atoms with Crippen molar-refractivity contribution in [2.75, 3.05) is 18.4 Å². The molecule has 4 heterocycles. The van der Waals surface area contributed by atoms with Crippen molar-refractivity contribution in [3.05, 3.63) is 53.2 Å². The molecule has 0 spiro atoms. The summed E-state index contributed by atoms with van der Waals surface area (Å²) in [5, 5.41) is 17.0. The van der Waals surface area contributed by atoms with Gasteiger partial charge in [0.15, 0.2) is 5.82 Å². The molecule has 1 aromatic heterocycles. The number of rotatable bonds is 2. The molecule has 0 aliphatic carbocycles. The third-order valence-corrected chi connectivity index (χ3v) is 5.73. The monoisotopic (exact) mass is 381 g/mol. The number of hydrogen-bond acceptors (Lipinski definition) is 4. The minimum Gasteiger partial charge on any atom is -0.366 e. The molecule has 0 radical (unpaired) electrons. The van der Waals surface area contributed by atoms with Crippen molar-refractivity contribution >= 4 is 23.4 Å². The zero-order chi connectivity index (χ0) is 18.5. The zero-order valence-corrected chi connectivity index (χ0v) is 15.0. The molecule has 1 N–H and O–H groups in total. The minimum absolute atomic E-state index is 0.145. The third-order valence-electron chi connectivity index (χ3n) is 5.50. The summed E-state index contributed by atoms with van der Waals surface area (Å²) >= 11 is 5.94. The summed E-state index contributed by atoms with van der Waals surface area (Å²) < 4.78 is 7.40. The Labute approximate surface area is 160 Å². The van der Waals surface area contributed by atoms with E-state index in [4.69, 9.17) is 16.3 Å². The van der Waals surface area contributed by atoms with Gasteiger partial charge in [0.25, 0.3) is 0 Å². The molecule has 4 atom stereocenters. The van der Waals surface area contributed by atoms with Crippen LogP contribution in [0, 0.1) is 23.2 Å². The van der Waals surface area contributed by atoms with Crippen LogP contribution in [0.2, 0.25) is 5.02 Å². The minimum atomic E-state index is -0.161. The molecule has 2 amide bonds. The van der Waals surface area contributed by atoms with Gasteiger partial charge in [0.1, 0.15) is 6.07 Å². The van der Waals surface area contributed by atoms with Crippen molar-refractivity contribution in [2.45, 2.75) is 12.2 Å². The van der Waals surface area contributed by atoms with E-state index >= 15 is 0 Å². The zero-order valence-electron chi connectivity index (χ0n) is 14.2. The van der Waals surface area contributed by atoms with Gasteiger partial charge in [0.2, 0.25) is 0 Å². The molecule has 136 valence electrons. The number of amides is 2. The van der Waals surface area contributed by atoms with Crippen LogP contribution in [-0.2, 0) is 4.74 Å². The van der Waals surface area contributed by atoms with Gasteiger partial charge in [0, 0.05) is 42.2 Å². The number of nitrogens with zero attached hydrogens (tertiary/aromatic N) is 4. The molecule has 27 heavy (non-hydrogen) atoms. The van der Waals surface area contributed by atoms with Gasteiger partial charge in [-0.05, 0) is 18.2 Å². The Morgan fingerprint density at radius 2 is 2.00 bits per heavy atom. The first kappa shape index (κ1) is 16.4. The lowest BCUT2D eigenvalue weighted by Gasteiger charge is -2.18. The number of fused-ring (bicyclic) bond motifs is 5. The second kappa shape index (κ2) is 6.12. The second-order valence-electron chi connectivity index (χ2n) is 7.03. The summed E-state index contributed by atoms with van der Waals surface area (Å²) in [4.78, 5) is 14.5. The van der Waals surface area contributed by atoms with E-state index in [1.165, 1.54) is 0 Å². The van der Waals surface area contributed by atoms with Gasteiger partial charge >= 0.3 is 6.03 Å². The summed E-state index contributed by atoms with van der Waals surface area (Å²) in [6, 6.07) is 8.67. The van der Waals surface area contributed by atoms with Crippen molar-refractivity contribution in [3.8, 4) is 11.8 Å². The molecule has 4 unspecified atom stereocenters. The van der Waals surface area contributed by atoms with Gasteiger partial charge in [-0.15, -0.1) is 5.10 Å². The molecule has 0 saturated carbocycles. The third kappa shape index (κ3) is 2.69. The molecule has 7 nitrogen and oxygen atoms in total. The van der Waals surface area contributed by atoms with Crippen LogP contribution in [0.3, 0.4) is 0 Å². The molecule has 2 bridgehead atoms. The van der Waals surface area contributed by atoms with Gasteiger partial charge in [-0.2, -0.15) is 5.26 Å². The Balaban J connectivity index is 1.29. The number of carbonyl (C=O) groups excluding carboxylic acids is 1. The number of carbonyl (C=O) groups is 1. The first-order chi connectivity index (χ1) is 13.1. The lowest BCUT2D eigenvalue weighted by atomic mass is 9.86. The molecule has 3 aliphatic rings. The van der Waals surface area contributed by atoms with Crippen LogP contribution in [0.25, 0.3) is 5.69 Å². The molecular weight excluding hydrogens is 366 g/mol. The van der Waals surface area contributed by atoms with Crippen LogP contribution in [0.5, 0.6) is 0 Å². The molecule has 2 aromatic rings. The van der Waals surface area contributed by atoms with Crippen molar-refractivity contribution in [1.29, 1.82) is 5.26 Å². The number of urea groups is 1. The van der Waals surface area contributed by atoms with E-state index in [-0.39, 0.29) is 18.2 Å². The fraction of sp³-hybridized carbons (Fsp3) is 0.316. The van der Waals surface area contributed by atoms with E-state index < -0.39 is 0 Å². The molecular formula is C19H16ClN5O2. The number of likely N-dealkylation sites (tertiary alicyclic amines) is 1. The smallest absolute Gasteiger partial charge is 0.323 e. The molecule has 1 aromatic carbocycles. The maximum Gasteiger partial charge on any atom is 0.323 e. The quantitative estimate of drug-likeness (QED) is 0.811. The maximum atomic E-state index is 12.6. The van der Waals surface area contributed by atoms with Crippen LogP contribution in [0.1, 0.15) is 5.56 Å². The van der Waals surface area contributed by atoms with Gasteiger partial charge in [-0.1, -0.05) is 23.8 Å². The highest BCUT2D eigenvalue weighted by Gasteiger charge is 2.51. The van der Waals surface area contributed by atoms with Crippen LogP contribution in [0.4, 0.5) is 10.6 Å². The highest BCUT2D eigenvalue weighted by atomic mass is 35.5. The Kier molecular flexibility index (Phi) is 3.71. The van der Waals surface area contributed by atoms with E-state index in [0.29, 0.717) is 47.0 Å². The van der Waals surface area contributed by atoms with Crippen molar-refractivity contribution in [2.24, 2.45) is 11.8 Å². The summed E-state index contributed by atoms with van der Waals surface area (Å²) in [5.41, 5.74) is 1.02. The highest BCUT2D eigenvalue weighted by Crippen LogP contribution is 2.43. The first-order valence-corrected chi connectivity index (χ1v) is 9.15. The van der Waals surface area contributed by atoms with Gasteiger partial charge in [-0.25, -0.2) is 9.48 Å². The van der Waals surface area contributed by atoms with Crippen molar-refractivity contribution in [3.63, 3.8) is 0 Å². The number of halogens is 1. The van der Waals surface area contributed by atoms with E-state index in [1.807, 2.05) is 4.90 Å². The van der Waals surface area contributed by atoms with E-state index in [2.05, 4.69) is 28.6 Å². The van der Waals surface area contributed by atoms with Crippen LogP contribution in [-0.4, -0.2) is 46.0 Å². The standard InChI is InChI=1S/C19H16ClN5O2/c20-12-1-2-15(11(7-12)8-21)25-6-5-18(23-25)22-19(26)24-9-13-14(10-24)17-4-3-16(13)27-17/h1-7,13-14,16-17H,9-10H2,(H,22,23,26). The van der Waals surface area contributed by atoms with Crippen LogP contribution < -0.4 is 5.32 Å². The lowest BCUT2D eigenvalue weighted by Crippen LogP contribution is -2.35. The van der Waals surface area contributed by atoms with Crippen LogP contribution >= 0.6 is 11.6 Å². The van der Waals surface area contributed by atoms with Crippen molar-refractivity contribution < 1.29 is 9.53 Å². The Bertz CT molecular complexity index is 974. The summed E-state index contributed by atoms with van der Waals surface area (Å²) in [6.07, 6.45) is 6.20. The number of hydrogen-bond donors (Lipinski definition) is 1. The molecule has 3 aliphatic heterocycles. The van der Waals surface area contributed by atoms with Gasteiger partial charge in [0.05, 0.1) is 23.5 Å². The summed E-state index contributed by atoms with van der Waals surface area (Å²) in [7, 11) is 0. The molecule has 8 heteroatoms. The maximum absolute atomic E-state index is 12.6. The van der Waals surface area contributed by atoms with Gasteiger partial charge < -0.3 is 9.64 Å². The van der Waals surface area contributed by atoms with Gasteiger partial charge in [-0.3, -0.25) is 5.32 Å². The summed E-state index contributed by atoms with van der Waals surface area (Å²) in [5.74, 6) is 1.21. The topological polar surface area (TPSA) is 83.2 Å². The predicted molar refractivity (Wildman–Crippen MR) is 98.7 cm³/mol. The Morgan fingerprint density at radius 3 is 2.70 bits per heavy atom. The first-order valence-electron chi connectivity index (χ1n) is 8.78. The normalized spacial score (nSPS) is 27.6. The van der Waals surface area contributed by atoms with E-state index in [9.17, 15) is 10.1 Å². The average molecular weight is 382 g/mol. The number of nitriles is 1. The number of anilines is 1. The SMILES string of the molecule is N#Cc1cc(Cl)ccc1-n1ccc(NC(=O)N2CC3C4C=CC(O4)C3C2)n1. The predicted octanol–water partition coefficient (Wildman–Crippen LogP) is 2.81. The van der Waals surface area contributed by atoms with E-state index in [1.54, 1.807) is 35.1 Å². The van der Waals surface area contributed by atoms with Crippen LogP contribution in [0.15, 0.2) is 42.6 Å². The number of aromatic nitrogens is 2. The average Bonchev–Trinajstić information content (AvgIpc) is 3.42. The summed E-state index contributed by atoms with van der Waals surface area (Å²) in [6.45, 7) is 1.39. The number of ether oxygens (including phenoxy) is 1. The number of nitrogens with one attached hydrogen (secondary N) is 1. The van der Waals surface area contributed by atoms with E-state index in [0.717, 1.165) is 0 Å². The fourth-order valence-electron chi connectivity index (χ4n) is 4.20. The Morgan fingerprint density at radius 1 is 1.26 bits per heavy atom. The molecule has 5 rings (SSSR count).